The van der Waals surface area contributed by atoms with Crippen molar-refractivity contribution >= 4 is 12.1 Å². The molecule has 1 saturated heterocycles. The van der Waals surface area contributed by atoms with Crippen molar-refractivity contribution in [2.45, 2.75) is 51.7 Å². The van der Waals surface area contributed by atoms with E-state index in [1.807, 2.05) is 0 Å². The van der Waals surface area contributed by atoms with Crippen LogP contribution in [0.1, 0.15) is 40.5 Å². The van der Waals surface area contributed by atoms with Crippen LogP contribution in [0, 0.1) is 0 Å². The van der Waals surface area contributed by atoms with E-state index in [-0.39, 0.29) is 32.5 Å². The second-order valence-electron chi connectivity index (χ2n) is 5.72. The molecule has 6 heteroatoms. The fourth-order valence-electron chi connectivity index (χ4n) is 1.86. The Morgan fingerprint density at radius 3 is 2.21 bits per heavy atom. The van der Waals surface area contributed by atoms with E-state index < -0.39 is 23.3 Å². The highest BCUT2D eigenvalue weighted by Gasteiger charge is 2.42. The Bertz CT molecular complexity index is 339. The summed E-state index contributed by atoms with van der Waals surface area (Å²) in [4.78, 5) is 24.9. The normalized spacial score (nSPS) is 18.9. The van der Waals surface area contributed by atoms with Crippen molar-refractivity contribution in [3.63, 3.8) is 0 Å². The topological polar surface area (TPSA) is 76.1 Å². The average molecular weight is 273 g/mol. The Hall–Kier alpha value is -1.30. The summed E-state index contributed by atoms with van der Waals surface area (Å²) in [6, 6.07) is 0. The Kier molecular flexibility index (Phi) is 4.79. The van der Waals surface area contributed by atoms with Gasteiger partial charge in [0.1, 0.15) is 5.60 Å². The van der Waals surface area contributed by atoms with Crippen molar-refractivity contribution in [2.24, 2.45) is 0 Å². The number of carbonyl (C=O) groups is 2. The molecule has 0 radical (unpaired) electrons. The van der Waals surface area contributed by atoms with E-state index in [0.29, 0.717) is 0 Å². The van der Waals surface area contributed by atoms with Gasteiger partial charge in [-0.1, -0.05) is 0 Å². The molecule has 0 aromatic heterocycles. The second kappa shape index (κ2) is 5.77. The third-order valence-corrected chi connectivity index (χ3v) is 2.90. The zero-order valence-corrected chi connectivity index (χ0v) is 12.1. The second-order valence-corrected chi connectivity index (χ2v) is 5.72. The molecule has 1 amide bonds. The van der Waals surface area contributed by atoms with Crippen LogP contribution < -0.4 is 0 Å². The number of nitrogens with zero attached hydrogens (tertiary/aromatic N) is 1. The highest BCUT2D eigenvalue weighted by atomic mass is 16.6. The number of ether oxygens (including phenoxy) is 2. The molecule has 1 rings (SSSR count). The lowest BCUT2D eigenvalue weighted by Gasteiger charge is -2.36. The SMILES string of the molecule is CCOC(=O)C1(O)CCN(C(=O)OC(C)(C)C)CC1. The third kappa shape index (κ3) is 4.38. The van der Waals surface area contributed by atoms with Crippen molar-refractivity contribution in [1.29, 1.82) is 0 Å². The van der Waals surface area contributed by atoms with Gasteiger partial charge in [-0.25, -0.2) is 9.59 Å². The largest absolute Gasteiger partial charge is 0.464 e. The Morgan fingerprint density at radius 1 is 1.26 bits per heavy atom. The van der Waals surface area contributed by atoms with Crippen LogP contribution in [-0.4, -0.2) is 53.0 Å². The molecule has 1 N–H and O–H groups in total. The van der Waals surface area contributed by atoms with Crippen molar-refractivity contribution in [3.8, 4) is 0 Å². The highest BCUT2D eigenvalue weighted by molar-refractivity contribution is 5.80. The molecule has 0 aromatic rings. The number of piperidine rings is 1. The van der Waals surface area contributed by atoms with Crippen LogP contribution in [0.2, 0.25) is 0 Å². The summed E-state index contributed by atoms with van der Waals surface area (Å²) in [5, 5.41) is 10.1. The number of amides is 1. The van der Waals surface area contributed by atoms with Crippen LogP contribution in [0.3, 0.4) is 0 Å². The first-order valence-electron chi connectivity index (χ1n) is 6.55. The molecule has 1 heterocycles. The van der Waals surface area contributed by atoms with Crippen LogP contribution in [0.25, 0.3) is 0 Å². The first-order valence-corrected chi connectivity index (χ1v) is 6.55. The molecule has 0 saturated carbocycles. The number of rotatable bonds is 2. The molecule has 0 atom stereocenters. The molecule has 1 fully saturated rings. The van der Waals surface area contributed by atoms with E-state index in [9.17, 15) is 14.7 Å². The Balaban J connectivity index is 2.53. The van der Waals surface area contributed by atoms with Gasteiger partial charge in [-0.15, -0.1) is 0 Å². The number of carbonyl (C=O) groups excluding carboxylic acids is 2. The Morgan fingerprint density at radius 2 is 1.79 bits per heavy atom. The molecular weight excluding hydrogens is 250 g/mol. The minimum Gasteiger partial charge on any atom is -0.464 e. The summed E-state index contributed by atoms with van der Waals surface area (Å²) in [5.41, 5.74) is -2.03. The lowest BCUT2D eigenvalue weighted by Crippen LogP contribution is -2.52. The van der Waals surface area contributed by atoms with Gasteiger partial charge in [0.2, 0.25) is 0 Å². The van der Waals surface area contributed by atoms with Crippen LogP contribution in [0.4, 0.5) is 4.79 Å². The highest BCUT2D eigenvalue weighted by Crippen LogP contribution is 2.24. The quantitative estimate of drug-likeness (QED) is 0.768. The maximum absolute atomic E-state index is 11.8. The van der Waals surface area contributed by atoms with Crippen LogP contribution in [-0.2, 0) is 14.3 Å². The minimum atomic E-state index is -1.48. The molecule has 0 aromatic carbocycles. The van der Waals surface area contributed by atoms with Gasteiger partial charge in [0.25, 0.3) is 0 Å². The number of likely N-dealkylation sites (tertiary alicyclic amines) is 1. The lowest BCUT2D eigenvalue weighted by atomic mass is 9.92. The van der Waals surface area contributed by atoms with Gasteiger partial charge >= 0.3 is 12.1 Å². The molecule has 1 aliphatic rings. The van der Waals surface area contributed by atoms with Gasteiger partial charge in [-0.05, 0) is 27.7 Å². The zero-order valence-electron chi connectivity index (χ0n) is 12.1. The van der Waals surface area contributed by atoms with E-state index in [4.69, 9.17) is 9.47 Å². The van der Waals surface area contributed by atoms with Gasteiger partial charge in [-0.3, -0.25) is 0 Å². The number of hydrogen-bond donors (Lipinski definition) is 1. The number of hydrogen-bond acceptors (Lipinski definition) is 5. The van der Waals surface area contributed by atoms with Crippen molar-refractivity contribution in [2.75, 3.05) is 19.7 Å². The molecule has 19 heavy (non-hydrogen) atoms. The molecule has 6 nitrogen and oxygen atoms in total. The summed E-state index contributed by atoms with van der Waals surface area (Å²) in [7, 11) is 0. The zero-order chi connectivity index (χ0) is 14.7. The first kappa shape index (κ1) is 15.8. The maximum Gasteiger partial charge on any atom is 0.410 e. The first-order chi connectivity index (χ1) is 8.68. The summed E-state index contributed by atoms with van der Waals surface area (Å²) in [6.45, 7) is 7.87. The summed E-state index contributed by atoms with van der Waals surface area (Å²) >= 11 is 0. The third-order valence-electron chi connectivity index (χ3n) is 2.90. The van der Waals surface area contributed by atoms with Crippen molar-refractivity contribution in [1.82, 2.24) is 4.90 Å². The average Bonchev–Trinajstić information content (AvgIpc) is 2.27. The maximum atomic E-state index is 11.8. The molecule has 0 aliphatic carbocycles. The van der Waals surface area contributed by atoms with Gasteiger partial charge in [0.15, 0.2) is 5.60 Å². The molecule has 0 bridgehead atoms. The summed E-state index contributed by atoms with van der Waals surface area (Å²) in [6.07, 6.45) is -0.0747. The summed E-state index contributed by atoms with van der Waals surface area (Å²) in [5.74, 6) is -0.612. The molecule has 0 unspecified atom stereocenters. The fourth-order valence-corrected chi connectivity index (χ4v) is 1.86. The summed E-state index contributed by atoms with van der Waals surface area (Å²) < 4.78 is 10.1. The van der Waals surface area contributed by atoms with Gasteiger partial charge in [-0.2, -0.15) is 0 Å². The van der Waals surface area contributed by atoms with Crippen LogP contribution >= 0.6 is 0 Å². The minimum absolute atomic E-state index is 0.172. The number of esters is 1. The predicted octanol–water partition coefficient (Wildman–Crippen LogP) is 1.31. The molecule has 1 aliphatic heterocycles. The molecular formula is C13H23NO5. The van der Waals surface area contributed by atoms with Crippen LogP contribution in [0.5, 0.6) is 0 Å². The van der Waals surface area contributed by atoms with Crippen molar-refractivity contribution < 1.29 is 24.2 Å². The van der Waals surface area contributed by atoms with Gasteiger partial charge in [0, 0.05) is 25.9 Å². The van der Waals surface area contributed by atoms with E-state index in [0.717, 1.165) is 0 Å². The van der Waals surface area contributed by atoms with E-state index in [1.165, 1.54) is 4.90 Å². The molecule has 0 spiro atoms. The monoisotopic (exact) mass is 273 g/mol. The van der Waals surface area contributed by atoms with E-state index in [1.54, 1.807) is 27.7 Å². The Labute approximate surface area is 113 Å². The predicted molar refractivity (Wildman–Crippen MR) is 68.6 cm³/mol. The van der Waals surface area contributed by atoms with E-state index in [2.05, 4.69) is 0 Å². The van der Waals surface area contributed by atoms with Gasteiger partial charge in [0.05, 0.1) is 6.61 Å². The van der Waals surface area contributed by atoms with E-state index >= 15 is 0 Å². The van der Waals surface area contributed by atoms with Crippen molar-refractivity contribution in [3.05, 3.63) is 0 Å². The van der Waals surface area contributed by atoms with Crippen LogP contribution in [0.15, 0.2) is 0 Å². The number of aliphatic hydroxyl groups is 1. The van der Waals surface area contributed by atoms with Gasteiger partial charge < -0.3 is 19.5 Å². The standard InChI is InChI=1S/C13H23NO5/c1-5-18-10(15)13(17)6-8-14(9-7-13)11(16)19-12(2,3)4/h17H,5-9H2,1-4H3. The smallest absolute Gasteiger partial charge is 0.410 e. The molecule has 110 valence electrons. The lowest BCUT2D eigenvalue weighted by molar-refractivity contribution is -0.169. The fraction of sp³-hybridized carbons (Fsp3) is 0.846.